The zero-order chi connectivity index (χ0) is 13.7. The van der Waals surface area contributed by atoms with E-state index >= 15 is 0 Å². The van der Waals surface area contributed by atoms with E-state index < -0.39 is 6.04 Å². The smallest absolute Gasteiger partial charge is 0.245 e. The fourth-order valence-corrected chi connectivity index (χ4v) is 2.19. The van der Waals surface area contributed by atoms with Crippen molar-refractivity contribution < 1.29 is 4.79 Å². The van der Waals surface area contributed by atoms with Gasteiger partial charge in [-0.2, -0.15) is 0 Å². The van der Waals surface area contributed by atoms with E-state index in [1.807, 2.05) is 60.9 Å². The normalized spacial score (nSPS) is 11.9. The number of amides is 1. The van der Waals surface area contributed by atoms with Crippen LogP contribution in [0.3, 0.4) is 0 Å². The molecule has 3 N–H and O–H groups in total. The van der Waals surface area contributed by atoms with Gasteiger partial charge in [0.1, 0.15) is 6.04 Å². The number of thioether (sulfide) groups is 1. The highest BCUT2D eigenvalue weighted by atomic mass is 32.2. The molecule has 0 aliphatic rings. The van der Waals surface area contributed by atoms with Gasteiger partial charge in [0.15, 0.2) is 0 Å². The molecule has 4 heteroatoms. The van der Waals surface area contributed by atoms with E-state index in [9.17, 15) is 4.79 Å². The third kappa shape index (κ3) is 3.59. The summed E-state index contributed by atoms with van der Waals surface area (Å²) in [5.41, 5.74) is 7.51. The molecule has 0 unspecified atom stereocenters. The van der Waals surface area contributed by atoms with Crippen molar-refractivity contribution in [1.82, 2.24) is 0 Å². The van der Waals surface area contributed by atoms with Crippen LogP contribution in [0.15, 0.2) is 59.5 Å². The minimum absolute atomic E-state index is 0.204. The van der Waals surface area contributed by atoms with Crippen molar-refractivity contribution in [3.63, 3.8) is 0 Å². The summed E-state index contributed by atoms with van der Waals surface area (Å²) in [5.74, 6) is -0.204. The number of hydrogen-bond donors (Lipinski definition) is 2. The van der Waals surface area contributed by atoms with E-state index in [2.05, 4.69) is 5.32 Å². The van der Waals surface area contributed by atoms with E-state index in [-0.39, 0.29) is 5.91 Å². The number of rotatable bonds is 4. The fraction of sp³-hybridized carbons (Fsp3) is 0.133. The summed E-state index contributed by atoms with van der Waals surface area (Å²) < 4.78 is 0. The molecular weight excluding hydrogens is 256 g/mol. The van der Waals surface area contributed by atoms with Crippen LogP contribution in [0.25, 0.3) is 0 Å². The summed E-state index contributed by atoms with van der Waals surface area (Å²) in [6.45, 7) is 0. The number of carbonyl (C=O) groups is 1. The monoisotopic (exact) mass is 272 g/mol. The van der Waals surface area contributed by atoms with Crippen LogP contribution in [0.2, 0.25) is 0 Å². The lowest BCUT2D eigenvalue weighted by molar-refractivity contribution is -0.117. The quantitative estimate of drug-likeness (QED) is 0.841. The van der Waals surface area contributed by atoms with E-state index in [1.54, 1.807) is 11.8 Å². The summed E-state index contributed by atoms with van der Waals surface area (Å²) in [5, 5.41) is 2.84. The number of hydrogen-bond acceptors (Lipinski definition) is 3. The van der Waals surface area contributed by atoms with Crippen molar-refractivity contribution in [1.29, 1.82) is 0 Å². The maximum Gasteiger partial charge on any atom is 0.245 e. The Balaban J connectivity index is 2.08. The molecule has 98 valence electrons. The Kier molecular flexibility index (Phi) is 4.60. The average Bonchev–Trinajstić information content (AvgIpc) is 2.47. The molecule has 1 atom stereocenters. The molecular formula is C15H16N2OS. The summed E-state index contributed by atoms with van der Waals surface area (Å²) in [4.78, 5) is 13.2. The van der Waals surface area contributed by atoms with Crippen LogP contribution in [-0.2, 0) is 4.79 Å². The number of anilines is 1. The first-order chi connectivity index (χ1) is 9.20. The summed E-state index contributed by atoms with van der Waals surface area (Å²) in [7, 11) is 0. The van der Waals surface area contributed by atoms with Gasteiger partial charge >= 0.3 is 0 Å². The van der Waals surface area contributed by atoms with Crippen molar-refractivity contribution in [3.05, 3.63) is 60.2 Å². The van der Waals surface area contributed by atoms with Gasteiger partial charge in [-0.25, -0.2) is 0 Å². The number of nitrogens with one attached hydrogen (secondary N) is 1. The zero-order valence-electron chi connectivity index (χ0n) is 10.7. The molecule has 19 heavy (non-hydrogen) atoms. The highest BCUT2D eigenvalue weighted by Gasteiger charge is 2.15. The summed E-state index contributed by atoms with van der Waals surface area (Å²) in [6, 6.07) is 16.4. The van der Waals surface area contributed by atoms with Gasteiger partial charge in [-0.15, -0.1) is 11.8 Å². The zero-order valence-corrected chi connectivity index (χ0v) is 11.5. The van der Waals surface area contributed by atoms with Crippen LogP contribution in [0.5, 0.6) is 0 Å². The lowest BCUT2D eigenvalue weighted by Crippen LogP contribution is -2.27. The molecule has 2 rings (SSSR count). The molecule has 0 aliphatic heterocycles. The Morgan fingerprint density at radius 1 is 1.16 bits per heavy atom. The first-order valence-corrected chi connectivity index (χ1v) is 7.18. The Morgan fingerprint density at radius 3 is 2.58 bits per heavy atom. The van der Waals surface area contributed by atoms with Gasteiger partial charge < -0.3 is 11.1 Å². The molecule has 2 aromatic carbocycles. The van der Waals surface area contributed by atoms with Crippen molar-refractivity contribution in [3.8, 4) is 0 Å². The lowest BCUT2D eigenvalue weighted by Gasteiger charge is -2.13. The van der Waals surface area contributed by atoms with Crippen molar-refractivity contribution in [2.24, 2.45) is 5.73 Å². The molecule has 3 nitrogen and oxygen atoms in total. The maximum atomic E-state index is 12.1. The topological polar surface area (TPSA) is 55.1 Å². The molecule has 0 spiro atoms. The van der Waals surface area contributed by atoms with Crippen LogP contribution in [0, 0.1) is 0 Å². The Hall–Kier alpha value is -1.78. The van der Waals surface area contributed by atoms with E-state index in [0.29, 0.717) is 0 Å². The molecule has 0 fully saturated rings. The van der Waals surface area contributed by atoms with Gasteiger partial charge in [0.2, 0.25) is 5.91 Å². The van der Waals surface area contributed by atoms with Gasteiger partial charge in [-0.1, -0.05) is 36.4 Å². The van der Waals surface area contributed by atoms with Crippen molar-refractivity contribution >= 4 is 23.4 Å². The van der Waals surface area contributed by atoms with Crippen LogP contribution >= 0.6 is 11.8 Å². The second kappa shape index (κ2) is 6.41. The first-order valence-electron chi connectivity index (χ1n) is 5.96. The molecule has 0 aromatic heterocycles. The van der Waals surface area contributed by atoms with Crippen LogP contribution in [-0.4, -0.2) is 12.2 Å². The highest BCUT2D eigenvalue weighted by molar-refractivity contribution is 7.98. The molecule has 1 amide bonds. The van der Waals surface area contributed by atoms with Crippen LogP contribution in [0.4, 0.5) is 5.69 Å². The summed E-state index contributed by atoms with van der Waals surface area (Å²) >= 11 is 1.63. The van der Waals surface area contributed by atoms with Gasteiger partial charge in [-0.05, 0) is 30.0 Å². The predicted molar refractivity (Wildman–Crippen MR) is 80.2 cm³/mol. The second-order valence-electron chi connectivity index (χ2n) is 4.11. The lowest BCUT2D eigenvalue weighted by atomic mass is 10.1. The van der Waals surface area contributed by atoms with E-state index in [4.69, 9.17) is 5.73 Å². The molecule has 0 aliphatic carbocycles. The number of benzene rings is 2. The maximum absolute atomic E-state index is 12.1. The van der Waals surface area contributed by atoms with E-state index in [0.717, 1.165) is 16.1 Å². The third-order valence-electron chi connectivity index (χ3n) is 2.78. The molecule has 0 heterocycles. The largest absolute Gasteiger partial charge is 0.324 e. The summed E-state index contributed by atoms with van der Waals surface area (Å²) in [6.07, 6.45) is 2.00. The van der Waals surface area contributed by atoms with Crippen molar-refractivity contribution in [2.75, 3.05) is 11.6 Å². The van der Waals surface area contributed by atoms with Crippen molar-refractivity contribution in [2.45, 2.75) is 10.9 Å². The van der Waals surface area contributed by atoms with E-state index in [1.165, 1.54) is 0 Å². The van der Waals surface area contributed by atoms with Gasteiger partial charge in [0.25, 0.3) is 0 Å². The highest BCUT2D eigenvalue weighted by Crippen LogP contribution is 2.20. The minimum Gasteiger partial charge on any atom is -0.324 e. The molecule has 2 aromatic rings. The second-order valence-corrected chi connectivity index (χ2v) is 4.99. The van der Waals surface area contributed by atoms with Crippen LogP contribution in [0.1, 0.15) is 11.6 Å². The van der Waals surface area contributed by atoms with Crippen LogP contribution < -0.4 is 11.1 Å². The molecule has 0 saturated carbocycles. The standard InChI is InChI=1S/C15H16N2OS/c1-19-13-9-5-8-12(10-13)17-15(18)14(16)11-6-3-2-4-7-11/h2-10,14H,16H2,1H3,(H,17,18)/t14-/m1/s1. The SMILES string of the molecule is CSc1cccc(NC(=O)[C@H](N)c2ccccc2)c1. The third-order valence-corrected chi connectivity index (χ3v) is 3.50. The van der Waals surface area contributed by atoms with Gasteiger partial charge in [0, 0.05) is 10.6 Å². The Labute approximate surface area is 117 Å². The fourth-order valence-electron chi connectivity index (χ4n) is 1.73. The first kappa shape index (κ1) is 13.6. The van der Waals surface area contributed by atoms with Gasteiger partial charge in [-0.3, -0.25) is 4.79 Å². The minimum atomic E-state index is -0.654. The average molecular weight is 272 g/mol. The Bertz CT molecular complexity index is 557. The Morgan fingerprint density at radius 2 is 1.89 bits per heavy atom. The molecule has 0 radical (unpaired) electrons. The predicted octanol–water partition coefficient (Wildman–Crippen LogP) is 3.05. The molecule has 0 bridgehead atoms. The number of nitrogens with two attached hydrogens (primary N) is 1. The number of carbonyl (C=O) groups excluding carboxylic acids is 1. The molecule has 0 saturated heterocycles. The van der Waals surface area contributed by atoms with Gasteiger partial charge in [0.05, 0.1) is 0 Å².